The molecule has 6 heterocycles. The minimum Gasteiger partial charge on any atom is -0.454 e. The van der Waals surface area contributed by atoms with Crippen LogP contribution in [0.4, 0.5) is 0 Å². The molecule has 0 bridgehead atoms. The third-order valence-corrected chi connectivity index (χ3v) is 22.1. The summed E-state index contributed by atoms with van der Waals surface area (Å²) in [6.07, 6.45) is 0. The fourth-order valence-corrected chi connectivity index (χ4v) is 16.9. The summed E-state index contributed by atoms with van der Waals surface area (Å²) >= 11 is 0. The summed E-state index contributed by atoms with van der Waals surface area (Å²) in [5.41, 5.74) is 27.0. The molecule has 99 heavy (non-hydrogen) atoms. The van der Waals surface area contributed by atoms with E-state index in [1.54, 1.807) is 0 Å². The lowest BCUT2D eigenvalue weighted by molar-refractivity contribution is 0.569. The van der Waals surface area contributed by atoms with Crippen molar-refractivity contribution in [1.29, 1.82) is 0 Å². The van der Waals surface area contributed by atoms with E-state index in [0.29, 0.717) is 23.7 Å². The zero-order chi connectivity index (χ0) is 68.1. The number of nitrogens with zero attached hydrogens (tertiary/aromatic N) is 4. The lowest BCUT2D eigenvalue weighted by Gasteiger charge is -2.33. The average Bonchev–Trinajstić information content (AvgIpc) is 1.57. The van der Waals surface area contributed by atoms with Crippen molar-refractivity contribution in [1.82, 2.24) is 18.3 Å². The average molecular weight is 1290 g/mol. The Morgan fingerprint density at radius 3 is 1.00 bits per heavy atom. The fraction of sp³-hybridized carbons (Fsp3) is 0.226. The number of hydrogen-bond donors (Lipinski definition) is 0. The summed E-state index contributed by atoms with van der Waals surface area (Å²) in [6.45, 7) is 35.4. The van der Waals surface area contributed by atoms with Crippen LogP contribution in [0.3, 0.4) is 0 Å². The van der Waals surface area contributed by atoms with Crippen molar-refractivity contribution in [2.45, 2.75) is 138 Å². The SMILES string of the molecule is Cc1c(-n2c3ccccc3c3ccc4c5ccccc5oc4c32)c(-n2c3ccc(C(C)C)cc3c3cc(C(C)C)ccc32)c(-c2ccc(C(C)(C)C)cc2C(C)(C)C)c(-n2c3ccc(C(C)C)cc3c3cc(C(C)C)ccc32)c1-n1c2ccccc2c2ccc3c4ccccc4oc3c21. The van der Waals surface area contributed by atoms with E-state index < -0.39 is 0 Å². The van der Waals surface area contributed by atoms with Gasteiger partial charge in [-0.3, -0.25) is 0 Å². The summed E-state index contributed by atoms with van der Waals surface area (Å²) in [5.74, 6) is 1.19. The van der Waals surface area contributed by atoms with Crippen molar-refractivity contribution in [3.05, 3.63) is 251 Å². The van der Waals surface area contributed by atoms with E-state index in [1.807, 2.05) is 0 Å². The molecule has 0 aliphatic rings. The number of benzene rings is 12. The van der Waals surface area contributed by atoms with Crippen LogP contribution in [0.25, 0.3) is 165 Å². The van der Waals surface area contributed by atoms with E-state index in [2.05, 4.69) is 334 Å². The summed E-state index contributed by atoms with van der Waals surface area (Å²) in [4.78, 5) is 0. The highest BCUT2D eigenvalue weighted by Crippen LogP contribution is 2.56. The highest BCUT2D eigenvalue weighted by atomic mass is 16.3. The Hall–Kier alpha value is -10.6. The number of rotatable bonds is 9. The molecule has 0 saturated heterocycles. The zero-order valence-corrected chi connectivity index (χ0v) is 59.6. The van der Waals surface area contributed by atoms with Gasteiger partial charge in [-0.25, -0.2) is 0 Å². The van der Waals surface area contributed by atoms with Crippen molar-refractivity contribution in [3.8, 4) is 33.9 Å². The molecule has 6 nitrogen and oxygen atoms in total. The Labute approximate surface area is 578 Å². The Morgan fingerprint density at radius 2 is 0.636 bits per heavy atom. The normalized spacial score (nSPS) is 13.0. The molecule has 0 N–H and O–H groups in total. The number of aromatic nitrogens is 4. The van der Waals surface area contributed by atoms with Gasteiger partial charge >= 0.3 is 0 Å². The maximum atomic E-state index is 7.44. The second-order valence-corrected chi connectivity index (χ2v) is 31.6. The summed E-state index contributed by atoms with van der Waals surface area (Å²) in [6, 6.07) is 81.5. The van der Waals surface area contributed by atoms with Gasteiger partial charge in [0.25, 0.3) is 0 Å². The summed E-state index contributed by atoms with van der Waals surface area (Å²) in [5, 5.41) is 13.8. The van der Waals surface area contributed by atoms with Gasteiger partial charge in [0.1, 0.15) is 11.2 Å². The van der Waals surface area contributed by atoms with E-state index in [4.69, 9.17) is 8.83 Å². The zero-order valence-electron chi connectivity index (χ0n) is 59.6. The van der Waals surface area contributed by atoms with Crippen LogP contribution in [0, 0.1) is 6.92 Å². The number of fused-ring (bicyclic) bond motifs is 20. The first-order valence-corrected chi connectivity index (χ1v) is 35.8. The first-order valence-electron chi connectivity index (χ1n) is 35.8. The van der Waals surface area contributed by atoms with E-state index >= 15 is 0 Å². The quantitative estimate of drug-likeness (QED) is 0.145. The van der Waals surface area contributed by atoms with Gasteiger partial charge in [0, 0.05) is 75.8 Å². The maximum absolute atomic E-state index is 7.44. The monoisotopic (exact) mass is 1290 g/mol. The van der Waals surface area contributed by atoms with Gasteiger partial charge in [0.2, 0.25) is 0 Å². The molecule has 488 valence electrons. The molecule has 0 spiro atoms. The molecule has 0 saturated carbocycles. The first-order chi connectivity index (χ1) is 47.6. The van der Waals surface area contributed by atoms with Crippen molar-refractivity contribution in [2.75, 3.05) is 0 Å². The predicted octanol–water partition coefficient (Wildman–Crippen LogP) is 26.9. The molecule has 18 rings (SSSR count). The molecule has 0 radical (unpaired) electrons. The Morgan fingerprint density at radius 1 is 0.293 bits per heavy atom. The van der Waals surface area contributed by atoms with E-state index in [-0.39, 0.29) is 10.8 Å². The lowest BCUT2D eigenvalue weighted by atomic mass is 9.76. The molecule has 0 aliphatic carbocycles. The van der Waals surface area contributed by atoms with Gasteiger partial charge < -0.3 is 27.1 Å². The third-order valence-electron chi connectivity index (χ3n) is 22.1. The van der Waals surface area contributed by atoms with Gasteiger partial charge in [0.15, 0.2) is 11.2 Å². The minimum absolute atomic E-state index is 0.167. The second kappa shape index (κ2) is 21.7. The number of para-hydroxylation sites is 4. The predicted molar refractivity (Wildman–Crippen MR) is 422 cm³/mol. The van der Waals surface area contributed by atoms with E-state index in [1.165, 1.54) is 54.9 Å². The smallest absolute Gasteiger partial charge is 0.160 e. The van der Waals surface area contributed by atoms with Gasteiger partial charge in [-0.05, 0) is 165 Å². The van der Waals surface area contributed by atoms with E-state index in [9.17, 15) is 0 Å². The Bertz CT molecular complexity index is 5970. The van der Waals surface area contributed by atoms with Crippen molar-refractivity contribution >= 4 is 131 Å². The van der Waals surface area contributed by atoms with Crippen LogP contribution in [0.1, 0.15) is 160 Å². The van der Waals surface area contributed by atoms with Gasteiger partial charge in [-0.1, -0.05) is 224 Å². The molecule has 0 unspecified atom stereocenters. The third kappa shape index (κ3) is 8.86. The number of furan rings is 2. The molecular formula is C93H84N4O2. The molecule has 18 aromatic rings. The van der Waals surface area contributed by atoms with Crippen LogP contribution < -0.4 is 0 Å². The summed E-state index contributed by atoms with van der Waals surface area (Å²) in [7, 11) is 0. The standard InChI is InChI=1S/C93H84N4O2/c1-51(2)56-32-42-77-70(46-56)71-47-57(52(3)4)33-43-78(71)94(77)88-83(69-37-36-60(92(10,11)12)50-74(69)93(13,14)15)89(95-79-44-34-58(53(5)6)48-72(79)73-49-59(54(7)8)35-45-80(73)95)85(97-76-29-21-17-25-62(76)66-39-41-68-64-27-19-23-31-82(64)99-91(68)87(66)97)55(9)84(88)96-75-28-20-16-24-61(75)65-38-40-67-63-26-18-22-30-81(63)98-90(67)86(65)96/h16-54H,1-15H3. The first kappa shape index (κ1) is 60.8. The van der Waals surface area contributed by atoms with Crippen LogP contribution >= 0.6 is 0 Å². The van der Waals surface area contributed by atoms with Crippen LogP contribution in [-0.2, 0) is 10.8 Å². The molecule has 12 aromatic carbocycles. The lowest BCUT2D eigenvalue weighted by Crippen LogP contribution is -2.20. The number of hydrogen-bond acceptors (Lipinski definition) is 2. The van der Waals surface area contributed by atoms with Crippen molar-refractivity contribution in [3.63, 3.8) is 0 Å². The van der Waals surface area contributed by atoms with Crippen LogP contribution in [0.15, 0.2) is 221 Å². The van der Waals surface area contributed by atoms with Crippen LogP contribution in [-0.4, -0.2) is 18.3 Å². The maximum Gasteiger partial charge on any atom is 0.160 e. The highest BCUT2D eigenvalue weighted by molar-refractivity contribution is 6.25. The highest BCUT2D eigenvalue weighted by Gasteiger charge is 2.37. The molecule has 6 heteroatoms. The summed E-state index contributed by atoms with van der Waals surface area (Å²) < 4.78 is 25.6. The van der Waals surface area contributed by atoms with Gasteiger partial charge in [-0.15, -0.1) is 0 Å². The fourth-order valence-electron chi connectivity index (χ4n) is 16.9. The van der Waals surface area contributed by atoms with E-state index in [0.717, 1.165) is 149 Å². The van der Waals surface area contributed by atoms with Crippen molar-refractivity contribution in [2.24, 2.45) is 0 Å². The Kier molecular flexibility index (Phi) is 13.3. The molecule has 0 aliphatic heterocycles. The molecule has 6 aromatic heterocycles. The largest absolute Gasteiger partial charge is 0.454 e. The van der Waals surface area contributed by atoms with Crippen LogP contribution in [0.2, 0.25) is 0 Å². The van der Waals surface area contributed by atoms with Gasteiger partial charge in [-0.2, -0.15) is 0 Å². The molecular weight excluding hydrogens is 1210 g/mol. The molecule has 0 amide bonds. The topological polar surface area (TPSA) is 46.0 Å². The minimum atomic E-state index is -0.380. The molecule has 0 atom stereocenters. The molecule has 0 fully saturated rings. The van der Waals surface area contributed by atoms with Gasteiger partial charge in [0.05, 0.1) is 66.9 Å². The van der Waals surface area contributed by atoms with Crippen molar-refractivity contribution < 1.29 is 8.83 Å². The van der Waals surface area contributed by atoms with Crippen LogP contribution in [0.5, 0.6) is 0 Å². The Balaban J connectivity index is 1.21. The second-order valence-electron chi connectivity index (χ2n) is 31.6.